The third kappa shape index (κ3) is 5.19. The highest BCUT2D eigenvalue weighted by molar-refractivity contribution is 5.85. The van der Waals surface area contributed by atoms with Gasteiger partial charge in [0.15, 0.2) is 11.5 Å². The number of hydrogen-bond acceptors (Lipinski definition) is 6. The maximum atomic E-state index is 6.30. The van der Waals surface area contributed by atoms with Gasteiger partial charge >= 0.3 is 0 Å². The third-order valence-corrected chi connectivity index (χ3v) is 7.13. The molecule has 0 saturated carbocycles. The minimum atomic E-state index is 0.448. The molecule has 0 aliphatic carbocycles. The van der Waals surface area contributed by atoms with E-state index in [0.717, 1.165) is 59.1 Å². The number of allylic oxidation sites excluding steroid dienone is 4. The van der Waals surface area contributed by atoms with Crippen molar-refractivity contribution in [2.45, 2.75) is 39.3 Å². The second-order valence-corrected chi connectivity index (χ2v) is 9.50. The van der Waals surface area contributed by atoms with Crippen LogP contribution in [-0.4, -0.2) is 50.6 Å². The molecule has 1 aliphatic heterocycles. The molecule has 0 atom stereocenters. The molecule has 3 N–H and O–H groups in total. The number of aromatic nitrogens is 4. The van der Waals surface area contributed by atoms with E-state index < -0.39 is 0 Å². The van der Waals surface area contributed by atoms with E-state index in [1.54, 1.807) is 6.20 Å². The first-order valence-corrected chi connectivity index (χ1v) is 13.0. The molecule has 7 nitrogen and oxygen atoms in total. The number of pyridine rings is 2. The Hall–Kier alpha value is -3.81. The van der Waals surface area contributed by atoms with Crippen LogP contribution in [0.25, 0.3) is 33.8 Å². The van der Waals surface area contributed by atoms with Crippen LogP contribution in [0.3, 0.4) is 0 Å². The topological polar surface area (TPSA) is 84.9 Å². The van der Waals surface area contributed by atoms with E-state index in [1.807, 2.05) is 44.2 Å². The molecule has 4 heterocycles. The summed E-state index contributed by atoms with van der Waals surface area (Å²) < 4.78 is 2.09. The predicted molar refractivity (Wildman–Crippen MR) is 152 cm³/mol. The van der Waals surface area contributed by atoms with E-state index in [-0.39, 0.29) is 0 Å². The Morgan fingerprint density at radius 1 is 1.05 bits per heavy atom. The maximum absolute atomic E-state index is 6.30. The molecule has 0 unspecified atom stereocenters. The van der Waals surface area contributed by atoms with Crippen molar-refractivity contribution >= 4 is 22.6 Å². The van der Waals surface area contributed by atoms with Gasteiger partial charge in [-0.3, -0.25) is 9.47 Å². The van der Waals surface area contributed by atoms with Gasteiger partial charge in [0.25, 0.3) is 0 Å². The van der Waals surface area contributed by atoms with Gasteiger partial charge in [0.2, 0.25) is 0 Å². The SMILES string of the molecule is C/C=C/C(=C\C)c1ccc2nc(-c3cccnc3N)n(-c3ccc(CN4CCC(NC)CC4)cc3)c2n1. The monoisotopic (exact) mass is 493 g/mol. The quantitative estimate of drug-likeness (QED) is 0.343. The third-order valence-electron chi connectivity index (χ3n) is 7.13. The predicted octanol–water partition coefficient (Wildman–Crippen LogP) is 5.23. The Balaban J connectivity index is 1.55. The van der Waals surface area contributed by atoms with E-state index in [2.05, 4.69) is 63.2 Å². The number of nitrogen functional groups attached to an aromatic ring is 1. The van der Waals surface area contributed by atoms with E-state index in [9.17, 15) is 0 Å². The van der Waals surface area contributed by atoms with E-state index in [0.29, 0.717) is 11.9 Å². The maximum Gasteiger partial charge on any atom is 0.165 e. The summed E-state index contributed by atoms with van der Waals surface area (Å²) in [5.41, 5.74) is 13.0. The average molecular weight is 494 g/mol. The lowest BCUT2D eigenvalue weighted by Gasteiger charge is -2.31. The number of likely N-dealkylation sites (tertiary alicyclic amines) is 1. The Kier molecular flexibility index (Phi) is 7.44. The van der Waals surface area contributed by atoms with Gasteiger partial charge in [0, 0.05) is 24.5 Å². The Morgan fingerprint density at radius 2 is 1.84 bits per heavy atom. The van der Waals surface area contributed by atoms with Crippen LogP contribution < -0.4 is 11.1 Å². The van der Waals surface area contributed by atoms with Gasteiger partial charge in [-0.1, -0.05) is 30.4 Å². The number of hydrogen-bond donors (Lipinski definition) is 2. The molecule has 0 spiro atoms. The zero-order chi connectivity index (χ0) is 25.8. The number of nitrogens with two attached hydrogens (primary N) is 1. The summed E-state index contributed by atoms with van der Waals surface area (Å²) in [6.07, 6.45) is 10.3. The fourth-order valence-corrected chi connectivity index (χ4v) is 5.05. The number of imidazole rings is 1. The zero-order valence-electron chi connectivity index (χ0n) is 21.9. The number of piperidine rings is 1. The van der Waals surface area contributed by atoms with Crippen molar-refractivity contribution in [1.82, 2.24) is 29.7 Å². The number of nitrogens with zero attached hydrogens (tertiary/aromatic N) is 5. The van der Waals surface area contributed by atoms with Gasteiger partial charge in [-0.2, -0.15) is 0 Å². The van der Waals surface area contributed by atoms with Crippen LogP contribution in [0.4, 0.5) is 5.82 Å². The Bertz CT molecular complexity index is 1420. The van der Waals surface area contributed by atoms with Gasteiger partial charge in [0.1, 0.15) is 11.3 Å². The van der Waals surface area contributed by atoms with Crippen LogP contribution in [0.1, 0.15) is 37.9 Å². The highest BCUT2D eigenvalue weighted by atomic mass is 15.1. The summed E-state index contributed by atoms with van der Waals surface area (Å²) >= 11 is 0. The summed E-state index contributed by atoms with van der Waals surface area (Å²) in [6, 6.07) is 17.3. The van der Waals surface area contributed by atoms with Crippen LogP contribution in [0.15, 0.2) is 73.0 Å². The fourth-order valence-electron chi connectivity index (χ4n) is 5.05. The second-order valence-electron chi connectivity index (χ2n) is 9.50. The average Bonchev–Trinajstić information content (AvgIpc) is 3.31. The Labute approximate surface area is 218 Å². The second kappa shape index (κ2) is 11.1. The van der Waals surface area contributed by atoms with Gasteiger partial charge < -0.3 is 11.1 Å². The highest BCUT2D eigenvalue weighted by Gasteiger charge is 2.20. The van der Waals surface area contributed by atoms with Crippen molar-refractivity contribution in [3.05, 3.63) is 84.2 Å². The molecule has 3 aromatic heterocycles. The van der Waals surface area contributed by atoms with Crippen molar-refractivity contribution in [2.75, 3.05) is 25.9 Å². The number of rotatable bonds is 7. The molecule has 1 fully saturated rings. The van der Waals surface area contributed by atoms with Crippen LogP contribution >= 0.6 is 0 Å². The normalized spacial score (nSPS) is 15.7. The molecule has 0 radical (unpaired) electrons. The first-order chi connectivity index (χ1) is 18.1. The molecule has 1 aromatic carbocycles. The number of benzene rings is 1. The van der Waals surface area contributed by atoms with E-state index in [1.165, 1.54) is 18.4 Å². The molecular formula is C30H35N7. The number of nitrogens with one attached hydrogen (secondary N) is 1. The Morgan fingerprint density at radius 3 is 2.51 bits per heavy atom. The lowest BCUT2D eigenvalue weighted by Crippen LogP contribution is -2.40. The van der Waals surface area contributed by atoms with Crippen LogP contribution in [-0.2, 0) is 6.54 Å². The van der Waals surface area contributed by atoms with Crippen LogP contribution in [0.5, 0.6) is 0 Å². The minimum absolute atomic E-state index is 0.448. The molecule has 190 valence electrons. The molecule has 4 aromatic rings. The first-order valence-electron chi connectivity index (χ1n) is 13.0. The summed E-state index contributed by atoms with van der Waals surface area (Å²) in [5, 5.41) is 3.41. The van der Waals surface area contributed by atoms with Gasteiger partial charge in [-0.25, -0.2) is 15.0 Å². The first kappa shape index (κ1) is 24.9. The van der Waals surface area contributed by atoms with Gasteiger partial charge in [-0.15, -0.1) is 0 Å². The molecule has 7 heteroatoms. The zero-order valence-corrected chi connectivity index (χ0v) is 21.9. The number of fused-ring (bicyclic) bond motifs is 1. The lowest BCUT2D eigenvalue weighted by atomic mass is 10.0. The van der Waals surface area contributed by atoms with Crippen molar-refractivity contribution < 1.29 is 0 Å². The van der Waals surface area contributed by atoms with Crippen LogP contribution in [0.2, 0.25) is 0 Å². The molecule has 0 amide bonds. The summed E-state index contributed by atoms with van der Waals surface area (Å²) in [5.74, 6) is 1.18. The van der Waals surface area contributed by atoms with Gasteiger partial charge in [-0.05, 0) is 94.4 Å². The summed E-state index contributed by atoms with van der Waals surface area (Å²) in [4.78, 5) is 16.8. The summed E-state index contributed by atoms with van der Waals surface area (Å²) in [6.45, 7) is 7.24. The molecule has 5 rings (SSSR count). The van der Waals surface area contributed by atoms with Crippen molar-refractivity contribution in [2.24, 2.45) is 0 Å². The fraction of sp³-hybridized carbons (Fsp3) is 0.300. The van der Waals surface area contributed by atoms with Crippen molar-refractivity contribution in [3.63, 3.8) is 0 Å². The molecule has 0 bridgehead atoms. The molecular weight excluding hydrogens is 458 g/mol. The van der Waals surface area contributed by atoms with E-state index in [4.69, 9.17) is 15.7 Å². The highest BCUT2D eigenvalue weighted by Crippen LogP contribution is 2.31. The largest absolute Gasteiger partial charge is 0.383 e. The lowest BCUT2D eigenvalue weighted by molar-refractivity contribution is 0.194. The summed E-state index contributed by atoms with van der Waals surface area (Å²) in [7, 11) is 2.06. The molecule has 1 aliphatic rings. The van der Waals surface area contributed by atoms with Crippen molar-refractivity contribution in [3.8, 4) is 17.1 Å². The standard InChI is InChI=1S/C30H35N7/c1-4-7-22(5-2)26-13-14-27-30(34-26)37(29(35-27)25-8-6-17-33-28(25)31)24-11-9-21(10-12-24)20-36-18-15-23(32-3)16-19-36/h4-14,17,23,32H,15-16,18-20H2,1-3H3,(H2,31,33)/b7-4+,22-5+. The molecule has 37 heavy (non-hydrogen) atoms. The smallest absolute Gasteiger partial charge is 0.165 e. The van der Waals surface area contributed by atoms with Crippen LogP contribution in [0, 0.1) is 0 Å². The van der Waals surface area contributed by atoms with E-state index >= 15 is 0 Å². The molecule has 1 saturated heterocycles. The minimum Gasteiger partial charge on any atom is -0.383 e. The van der Waals surface area contributed by atoms with Crippen molar-refractivity contribution in [1.29, 1.82) is 0 Å². The van der Waals surface area contributed by atoms with Gasteiger partial charge in [0.05, 0.1) is 11.3 Å². The number of anilines is 1.